The van der Waals surface area contributed by atoms with Gasteiger partial charge in [-0.1, -0.05) is 6.07 Å². The van der Waals surface area contributed by atoms with Crippen LogP contribution in [0.3, 0.4) is 0 Å². The zero-order valence-electron chi connectivity index (χ0n) is 9.50. The third kappa shape index (κ3) is 2.46. The highest BCUT2D eigenvalue weighted by Crippen LogP contribution is 2.23. The Labute approximate surface area is 98.3 Å². The van der Waals surface area contributed by atoms with Crippen molar-refractivity contribution in [2.75, 3.05) is 6.61 Å². The Kier molecular flexibility index (Phi) is 3.42. The highest BCUT2D eigenvalue weighted by Gasteiger charge is 2.18. The molecule has 0 aliphatic heterocycles. The zero-order valence-corrected chi connectivity index (χ0v) is 9.50. The highest BCUT2D eigenvalue weighted by atomic mass is 16.3. The summed E-state index contributed by atoms with van der Waals surface area (Å²) >= 11 is 0. The number of aromatic nitrogens is 1. The van der Waals surface area contributed by atoms with Gasteiger partial charge in [0.1, 0.15) is 11.6 Å². The molecular weight excluding hydrogens is 222 g/mol. The lowest BCUT2D eigenvalue weighted by Crippen LogP contribution is -2.19. The van der Waals surface area contributed by atoms with Gasteiger partial charge in [-0.05, 0) is 24.1 Å². The van der Waals surface area contributed by atoms with Crippen LogP contribution >= 0.6 is 0 Å². The van der Waals surface area contributed by atoms with E-state index in [9.17, 15) is 10.2 Å². The maximum atomic E-state index is 9.87. The molecular formula is C12H15NO4. The molecule has 2 aromatic rings. The lowest BCUT2D eigenvalue weighted by Gasteiger charge is -2.16. The van der Waals surface area contributed by atoms with E-state index in [1.807, 2.05) is 0 Å². The Morgan fingerprint density at radius 2 is 2.12 bits per heavy atom. The molecule has 2 unspecified atom stereocenters. The summed E-state index contributed by atoms with van der Waals surface area (Å²) in [4.78, 5) is 4.15. The number of nitrogens with zero attached hydrogens (tertiary/aromatic N) is 1. The molecule has 0 amide bonds. The average Bonchev–Trinajstić information content (AvgIpc) is 2.67. The van der Waals surface area contributed by atoms with Crippen LogP contribution < -0.4 is 0 Å². The van der Waals surface area contributed by atoms with Crippen molar-refractivity contribution in [3.05, 3.63) is 29.7 Å². The number of hydrogen-bond acceptors (Lipinski definition) is 5. The van der Waals surface area contributed by atoms with Crippen molar-refractivity contribution in [1.29, 1.82) is 0 Å². The SMILES string of the molecule is Cc1nc2cc(C(O)C(O)CCO)ccc2o1. The standard InChI is InChI=1S/C12H15NO4/c1-7-13-9-6-8(2-3-11(9)17-7)12(16)10(15)4-5-14/h2-3,6,10,12,14-16H,4-5H2,1H3. The number of hydrogen-bond donors (Lipinski definition) is 3. The second-order valence-corrected chi connectivity index (χ2v) is 3.98. The third-order valence-electron chi connectivity index (χ3n) is 2.65. The predicted octanol–water partition coefficient (Wildman–Crippen LogP) is 0.913. The van der Waals surface area contributed by atoms with Crippen molar-refractivity contribution in [3.8, 4) is 0 Å². The predicted molar refractivity (Wildman–Crippen MR) is 61.4 cm³/mol. The Morgan fingerprint density at radius 1 is 1.35 bits per heavy atom. The summed E-state index contributed by atoms with van der Waals surface area (Å²) in [5.74, 6) is 0.558. The summed E-state index contributed by atoms with van der Waals surface area (Å²) in [6.45, 7) is 1.58. The molecule has 2 rings (SSSR count). The first-order chi connectivity index (χ1) is 8.11. The van der Waals surface area contributed by atoms with Gasteiger partial charge in [-0.3, -0.25) is 0 Å². The maximum absolute atomic E-state index is 9.87. The van der Waals surface area contributed by atoms with Crippen LogP contribution in [-0.2, 0) is 0 Å². The fourth-order valence-electron chi connectivity index (χ4n) is 1.76. The molecule has 92 valence electrons. The largest absolute Gasteiger partial charge is 0.441 e. The first kappa shape index (κ1) is 12.0. The summed E-state index contributed by atoms with van der Waals surface area (Å²) in [6, 6.07) is 5.06. The van der Waals surface area contributed by atoms with E-state index in [2.05, 4.69) is 4.98 Å². The first-order valence-corrected chi connectivity index (χ1v) is 5.46. The number of aliphatic hydroxyl groups is 3. The van der Waals surface area contributed by atoms with Gasteiger partial charge in [-0.25, -0.2) is 4.98 Å². The van der Waals surface area contributed by atoms with Crippen molar-refractivity contribution < 1.29 is 19.7 Å². The van der Waals surface area contributed by atoms with Gasteiger partial charge in [0, 0.05) is 13.5 Å². The van der Waals surface area contributed by atoms with Gasteiger partial charge in [0.05, 0.1) is 6.10 Å². The van der Waals surface area contributed by atoms with Gasteiger partial charge < -0.3 is 19.7 Å². The number of oxazole rings is 1. The quantitative estimate of drug-likeness (QED) is 0.735. The molecule has 3 N–H and O–H groups in total. The van der Waals surface area contributed by atoms with Crippen LogP contribution in [0.25, 0.3) is 11.1 Å². The highest BCUT2D eigenvalue weighted by molar-refractivity contribution is 5.73. The number of rotatable bonds is 4. The van der Waals surface area contributed by atoms with Crippen LogP contribution in [0.2, 0.25) is 0 Å². The minimum absolute atomic E-state index is 0.136. The second-order valence-electron chi connectivity index (χ2n) is 3.98. The van der Waals surface area contributed by atoms with Crippen molar-refractivity contribution >= 4 is 11.1 Å². The van der Waals surface area contributed by atoms with Gasteiger partial charge in [0.25, 0.3) is 0 Å². The van der Waals surface area contributed by atoms with E-state index in [-0.39, 0.29) is 13.0 Å². The zero-order chi connectivity index (χ0) is 12.4. The number of aryl methyl sites for hydroxylation is 1. The van der Waals surface area contributed by atoms with E-state index < -0.39 is 12.2 Å². The van der Waals surface area contributed by atoms with Crippen molar-refractivity contribution in [1.82, 2.24) is 4.98 Å². The van der Waals surface area contributed by atoms with Crippen LogP contribution in [-0.4, -0.2) is 33.0 Å². The molecule has 0 aliphatic rings. The molecule has 1 heterocycles. The van der Waals surface area contributed by atoms with Gasteiger partial charge in [0.15, 0.2) is 11.5 Å². The van der Waals surface area contributed by atoms with E-state index in [0.29, 0.717) is 22.6 Å². The van der Waals surface area contributed by atoms with Crippen molar-refractivity contribution in [2.24, 2.45) is 0 Å². The maximum Gasteiger partial charge on any atom is 0.192 e. The Morgan fingerprint density at radius 3 is 2.82 bits per heavy atom. The van der Waals surface area contributed by atoms with Gasteiger partial charge >= 0.3 is 0 Å². The average molecular weight is 237 g/mol. The van der Waals surface area contributed by atoms with E-state index in [0.717, 1.165) is 0 Å². The Hall–Kier alpha value is -1.43. The molecule has 0 spiro atoms. The lowest BCUT2D eigenvalue weighted by molar-refractivity contribution is 0.00428. The third-order valence-corrected chi connectivity index (χ3v) is 2.65. The molecule has 0 aliphatic carbocycles. The molecule has 0 fully saturated rings. The van der Waals surface area contributed by atoms with E-state index in [1.165, 1.54) is 0 Å². The van der Waals surface area contributed by atoms with Gasteiger partial charge in [-0.2, -0.15) is 0 Å². The van der Waals surface area contributed by atoms with Gasteiger partial charge in [0.2, 0.25) is 0 Å². The molecule has 0 saturated heterocycles. The molecule has 5 heteroatoms. The lowest BCUT2D eigenvalue weighted by atomic mass is 10.0. The molecule has 2 atom stereocenters. The summed E-state index contributed by atoms with van der Waals surface area (Å²) in [7, 11) is 0. The van der Waals surface area contributed by atoms with Crippen LogP contribution in [0, 0.1) is 6.92 Å². The van der Waals surface area contributed by atoms with Gasteiger partial charge in [-0.15, -0.1) is 0 Å². The molecule has 1 aromatic heterocycles. The Bertz CT molecular complexity index is 508. The molecule has 5 nitrogen and oxygen atoms in total. The minimum Gasteiger partial charge on any atom is -0.441 e. The normalized spacial score (nSPS) is 15.1. The Balaban J connectivity index is 2.28. The fraction of sp³-hybridized carbons (Fsp3) is 0.417. The van der Waals surface area contributed by atoms with Crippen LogP contribution in [0.1, 0.15) is 24.0 Å². The number of aliphatic hydroxyl groups excluding tert-OH is 3. The van der Waals surface area contributed by atoms with E-state index >= 15 is 0 Å². The van der Waals surface area contributed by atoms with Crippen LogP contribution in [0.5, 0.6) is 0 Å². The molecule has 0 radical (unpaired) electrons. The summed E-state index contributed by atoms with van der Waals surface area (Å²) in [6.07, 6.45) is -1.87. The first-order valence-electron chi connectivity index (χ1n) is 5.46. The summed E-state index contributed by atoms with van der Waals surface area (Å²) in [5, 5.41) is 28.2. The topological polar surface area (TPSA) is 86.7 Å². The minimum atomic E-state index is -1.02. The molecule has 17 heavy (non-hydrogen) atoms. The summed E-state index contributed by atoms with van der Waals surface area (Å²) in [5.41, 5.74) is 1.86. The molecule has 1 aromatic carbocycles. The molecule has 0 bridgehead atoms. The molecule has 0 saturated carbocycles. The second kappa shape index (κ2) is 4.83. The van der Waals surface area contributed by atoms with E-state index in [1.54, 1.807) is 25.1 Å². The number of fused-ring (bicyclic) bond motifs is 1. The summed E-state index contributed by atoms with van der Waals surface area (Å²) < 4.78 is 5.32. The fourth-order valence-corrected chi connectivity index (χ4v) is 1.76. The van der Waals surface area contributed by atoms with Crippen LogP contribution in [0.4, 0.5) is 0 Å². The smallest absolute Gasteiger partial charge is 0.192 e. The van der Waals surface area contributed by atoms with Crippen molar-refractivity contribution in [3.63, 3.8) is 0 Å². The number of benzene rings is 1. The van der Waals surface area contributed by atoms with Crippen LogP contribution in [0.15, 0.2) is 22.6 Å². The van der Waals surface area contributed by atoms with E-state index in [4.69, 9.17) is 9.52 Å². The van der Waals surface area contributed by atoms with Crippen molar-refractivity contribution in [2.45, 2.75) is 25.6 Å². The monoisotopic (exact) mass is 237 g/mol.